The van der Waals surface area contributed by atoms with Crippen LogP contribution in [0.5, 0.6) is 0 Å². The first-order valence-corrected chi connectivity index (χ1v) is 9.44. The molecule has 1 aromatic carbocycles. The number of pyridine rings is 2. The molecule has 0 N–H and O–H groups in total. The maximum Gasteiger partial charge on any atom is 0.255 e. The van der Waals surface area contributed by atoms with E-state index in [0.717, 1.165) is 36.3 Å². The summed E-state index contributed by atoms with van der Waals surface area (Å²) in [6, 6.07) is 18.3. The average molecular weight is 357 g/mol. The summed E-state index contributed by atoms with van der Waals surface area (Å²) in [4.78, 5) is 23.7. The van der Waals surface area contributed by atoms with Crippen LogP contribution in [-0.4, -0.2) is 33.9 Å². The Morgan fingerprint density at radius 3 is 2.81 bits per heavy atom. The van der Waals surface area contributed by atoms with Gasteiger partial charge in [0.1, 0.15) is 0 Å². The first-order valence-electron chi connectivity index (χ1n) is 9.44. The molecule has 0 aliphatic carbocycles. The Morgan fingerprint density at radius 1 is 1.11 bits per heavy atom. The lowest BCUT2D eigenvalue weighted by Crippen LogP contribution is -2.39. The van der Waals surface area contributed by atoms with Gasteiger partial charge < -0.3 is 4.90 Å². The summed E-state index contributed by atoms with van der Waals surface area (Å²) < 4.78 is 0. The SMILES string of the molecule is Cc1cccc(-c2cccc([C@H]3CCCN(C(=O)c4cccnc4)C3)n2)c1. The van der Waals surface area contributed by atoms with Crippen LogP contribution >= 0.6 is 0 Å². The zero-order chi connectivity index (χ0) is 18.6. The van der Waals surface area contributed by atoms with Crippen molar-refractivity contribution in [2.75, 3.05) is 13.1 Å². The Bertz CT molecular complexity index is 939. The Labute approximate surface area is 159 Å². The van der Waals surface area contributed by atoms with Crippen molar-refractivity contribution in [3.63, 3.8) is 0 Å². The largest absolute Gasteiger partial charge is 0.338 e. The van der Waals surface area contributed by atoms with Gasteiger partial charge in [0.25, 0.3) is 5.91 Å². The smallest absolute Gasteiger partial charge is 0.255 e. The summed E-state index contributed by atoms with van der Waals surface area (Å²) in [5.41, 5.74) is 5.07. The molecule has 136 valence electrons. The van der Waals surface area contributed by atoms with E-state index in [-0.39, 0.29) is 11.8 Å². The Hall–Kier alpha value is -3.01. The van der Waals surface area contributed by atoms with Crippen LogP contribution in [0.3, 0.4) is 0 Å². The molecule has 4 nitrogen and oxygen atoms in total. The molecule has 0 unspecified atom stereocenters. The lowest BCUT2D eigenvalue weighted by atomic mass is 9.93. The van der Waals surface area contributed by atoms with Crippen LogP contribution in [0.1, 0.15) is 40.4 Å². The number of rotatable bonds is 3. The number of hydrogen-bond donors (Lipinski definition) is 0. The first kappa shape index (κ1) is 17.4. The standard InChI is InChI=1S/C23H23N3O/c1-17-6-2-7-18(14-17)21-10-3-11-22(25-21)20-9-5-13-26(16-20)23(27)19-8-4-12-24-15-19/h2-4,6-8,10-12,14-15,20H,5,9,13,16H2,1H3/t20-/m0/s1. The van der Waals surface area contributed by atoms with E-state index in [1.807, 2.05) is 17.0 Å². The van der Waals surface area contributed by atoms with E-state index in [4.69, 9.17) is 4.98 Å². The molecule has 27 heavy (non-hydrogen) atoms. The minimum atomic E-state index is 0.0580. The van der Waals surface area contributed by atoms with E-state index < -0.39 is 0 Å². The molecule has 1 aliphatic rings. The van der Waals surface area contributed by atoms with Crippen LogP contribution in [-0.2, 0) is 0 Å². The summed E-state index contributed by atoms with van der Waals surface area (Å²) in [6.45, 7) is 3.59. The maximum atomic E-state index is 12.8. The van der Waals surface area contributed by atoms with Crippen molar-refractivity contribution in [1.29, 1.82) is 0 Å². The molecule has 0 spiro atoms. The summed E-state index contributed by atoms with van der Waals surface area (Å²) in [7, 11) is 0. The fourth-order valence-electron chi connectivity index (χ4n) is 3.72. The van der Waals surface area contributed by atoms with Crippen molar-refractivity contribution >= 4 is 5.91 Å². The van der Waals surface area contributed by atoms with Crippen LogP contribution < -0.4 is 0 Å². The second-order valence-corrected chi connectivity index (χ2v) is 7.15. The highest BCUT2D eigenvalue weighted by molar-refractivity contribution is 5.94. The quantitative estimate of drug-likeness (QED) is 0.695. The van der Waals surface area contributed by atoms with E-state index in [1.165, 1.54) is 5.56 Å². The van der Waals surface area contributed by atoms with Gasteiger partial charge in [0.05, 0.1) is 11.3 Å². The van der Waals surface area contributed by atoms with Crippen molar-refractivity contribution in [2.24, 2.45) is 0 Å². The van der Waals surface area contributed by atoms with Crippen LogP contribution in [0.2, 0.25) is 0 Å². The van der Waals surface area contributed by atoms with Gasteiger partial charge in [-0.15, -0.1) is 0 Å². The monoisotopic (exact) mass is 357 g/mol. The molecule has 0 radical (unpaired) electrons. The Morgan fingerprint density at radius 2 is 2.00 bits per heavy atom. The second-order valence-electron chi connectivity index (χ2n) is 7.15. The van der Waals surface area contributed by atoms with Gasteiger partial charge >= 0.3 is 0 Å². The summed E-state index contributed by atoms with van der Waals surface area (Å²) in [5.74, 6) is 0.326. The molecule has 1 fully saturated rings. The van der Waals surface area contributed by atoms with Gasteiger partial charge in [0.2, 0.25) is 0 Å². The van der Waals surface area contributed by atoms with Crippen molar-refractivity contribution in [3.8, 4) is 11.3 Å². The molecule has 1 amide bonds. The van der Waals surface area contributed by atoms with Crippen molar-refractivity contribution in [3.05, 3.63) is 83.8 Å². The lowest BCUT2D eigenvalue weighted by Gasteiger charge is -2.32. The molecule has 1 atom stereocenters. The molecule has 3 heterocycles. The first-order chi connectivity index (χ1) is 13.2. The number of nitrogens with zero attached hydrogens (tertiary/aromatic N) is 3. The van der Waals surface area contributed by atoms with E-state index in [9.17, 15) is 4.79 Å². The summed E-state index contributed by atoms with van der Waals surface area (Å²) in [5, 5.41) is 0. The predicted molar refractivity (Wildman–Crippen MR) is 107 cm³/mol. The third-order valence-corrected chi connectivity index (χ3v) is 5.12. The number of aromatic nitrogens is 2. The Balaban J connectivity index is 1.55. The number of amides is 1. The Kier molecular flexibility index (Phi) is 4.97. The van der Waals surface area contributed by atoms with Gasteiger partial charge in [-0.25, -0.2) is 0 Å². The highest BCUT2D eigenvalue weighted by Gasteiger charge is 2.26. The van der Waals surface area contributed by atoms with Gasteiger partial charge in [-0.3, -0.25) is 14.8 Å². The number of hydrogen-bond acceptors (Lipinski definition) is 3. The van der Waals surface area contributed by atoms with Gasteiger partial charge in [-0.1, -0.05) is 29.8 Å². The maximum absolute atomic E-state index is 12.8. The zero-order valence-electron chi connectivity index (χ0n) is 15.5. The molecule has 3 aromatic rings. The predicted octanol–water partition coefficient (Wildman–Crippen LogP) is 4.47. The molecule has 0 saturated carbocycles. The normalized spacial score (nSPS) is 16.9. The average Bonchev–Trinajstić information content (AvgIpc) is 2.74. The van der Waals surface area contributed by atoms with Gasteiger partial charge in [-0.2, -0.15) is 0 Å². The van der Waals surface area contributed by atoms with Crippen LogP contribution in [0.15, 0.2) is 67.0 Å². The summed E-state index contributed by atoms with van der Waals surface area (Å²) in [6.07, 6.45) is 5.38. The minimum Gasteiger partial charge on any atom is -0.338 e. The van der Waals surface area contributed by atoms with Crippen LogP contribution in [0.25, 0.3) is 11.3 Å². The lowest BCUT2D eigenvalue weighted by molar-refractivity contribution is 0.0705. The summed E-state index contributed by atoms with van der Waals surface area (Å²) >= 11 is 0. The zero-order valence-corrected chi connectivity index (χ0v) is 15.5. The second kappa shape index (κ2) is 7.70. The number of benzene rings is 1. The van der Waals surface area contributed by atoms with E-state index in [1.54, 1.807) is 12.4 Å². The number of piperidine rings is 1. The topological polar surface area (TPSA) is 46.1 Å². The van der Waals surface area contributed by atoms with Gasteiger partial charge in [-0.05, 0) is 50.1 Å². The highest BCUT2D eigenvalue weighted by atomic mass is 16.2. The van der Waals surface area contributed by atoms with Crippen molar-refractivity contribution < 1.29 is 4.79 Å². The number of carbonyl (C=O) groups is 1. The molecule has 2 aromatic heterocycles. The highest BCUT2D eigenvalue weighted by Crippen LogP contribution is 2.28. The van der Waals surface area contributed by atoms with Crippen molar-refractivity contribution in [1.82, 2.24) is 14.9 Å². The van der Waals surface area contributed by atoms with E-state index >= 15 is 0 Å². The number of carbonyl (C=O) groups excluding carboxylic acids is 1. The molecular weight excluding hydrogens is 334 g/mol. The molecular formula is C23H23N3O. The number of likely N-dealkylation sites (tertiary alicyclic amines) is 1. The molecule has 4 rings (SSSR count). The van der Waals surface area contributed by atoms with Gasteiger partial charge in [0, 0.05) is 42.7 Å². The third-order valence-electron chi connectivity index (χ3n) is 5.12. The van der Waals surface area contributed by atoms with Crippen LogP contribution in [0, 0.1) is 6.92 Å². The van der Waals surface area contributed by atoms with Crippen molar-refractivity contribution in [2.45, 2.75) is 25.7 Å². The van der Waals surface area contributed by atoms with E-state index in [0.29, 0.717) is 12.1 Å². The molecule has 1 aliphatic heterocycles. The molecule has 4 heteroatoms. The molecule has 0 bridgehead atoms. The number of aryl methyl sites for hydroxylation is 1. The molecule has 1 saturated heterocycles. The van der Waals surface area contributed by atoms with E-state index in [2.05, 4.69) is 54.4 Å². The third kappa shape index (κ3) is 3.90. The fraction of sp³-hybridized carbons (Fsp3) is 0.261. The fourth-order valence-corrected chi connectivity index (χ4v) is 3.72. The van der Waals surface area contributed by atoms with Gasteiger partial charge in [0.15, 0.2) is 0 Å². The van der Waals surface area contributed by atoms with Crippen LogP contribution in [0.4, 0.5) is 0 Å². The minimum absolute atomic E-state index is 0.0580.